The van der Waals surface area contributed by atoms with Gasteiger partial charge in [-0.15, -0.1) is 0 Å². The predicted molar refractivity (Wildman–Crippen MR) is 118 cm³/mol. The third kappa shape index (κ3) is 6.04. The van der Waals surface area contributed by atoms with Gasteiger partial charge in [-0.3, -0.25) is 9.10 Å². The maximum Gasteiger partial charge on any atom is 0.240 e. The summed E-state index contributed by atoms with van der Waals surface area (Å²) in [4.78, 5) is 12.3. The summed E-state index contributed by atoms with van der Waals surface area (Å²) in [5.41, 5.74) is 1.60. The van der Waals surface area contributed by atoms with Crippen LogP contribution >= 0.6 is 0 Å². The average molecular weight is 449 g/mol. The fourth-order valence-electron chi connectivity index (χ4n) is 3.04. The van der Waals surface area contributed by atoms with Crippen molar-refractivity contribution >= 4 is 21.6 Å². The summed E-state index contributed by atoms with van der Waals surface area (Å²) in [5, 5.41) is 2.69. The highest BCUT2D eigenvalue weighted by atomic mass is 32.2. The van der Waals surface area contributed by atoms with Gasteiger partial charge in [0.15, 0.2) is 11.5 Å². The molecule has 3 rings (SSSR count). The van der Waals surface area contributed by atoms with Crippen LogP contribution in [0.4, 0.5) is 5.69 Å². The molecule has 2 aromatic rings. The van der Waals surface area contributed by atoms with Gasteiger partial charge >= 0.3 is 0 Å². The highest BCUT2D eigenvalue weighted by Crippen LogP contribution is 2.36. The Labute approximate surface area is 183 Å². The monoisotopic (exact) mass is 448 g/mol. The summed E-state index contributed by atoms with van der Waals surface area (Å²) >= 11 is 0. The number of benzene rings is 2. The molecule has 0 aliphatic carbocycles. The lowest BCUT2D eigenvalue weighted by atomic mass is 9.87. The van der Waals surface area contributed by atoms with Gasteiger partial charge in [0, 0.05) is 6.07 Å². The Morgan fingerprint density at radius 2 is 1.77 bits per heavy atom. The number of ether oxygens (including phenoxy) is 3. The minimum Gasteiger partial charge on any atom is -0.492 e. The van der Waals surface area contributed by atoms with Gasteiger partial charge in [-0.05, 0) is 35.2 Å². The van der Waals surface area contributed by atoms with Crippen LogP contribution in [0.5, 0.6) is 17.2 Å². The Hall–Kier alpha value is -2.94. The smallest absolute Gasteiger partial charge is 0.240 e. The first-order valence-corrected chi connectivity index (χ1v) is 11.8. The maximum atomic E-state index is 12.3. The Kier molecular flexibility index (Phi) is 6.64. The van der Waals surface area contributed by atoms with E-state index in [9.17, 15) is 13.2 Å². The molecule has 1 heterocycles. The summed E-state index contributed by atoms with van der Waals surface area (Å²) in [6.07, 6.45) is 1.05. The summed E-state index contributed by atoms with van der Waals surface area (Å²) in [7, 11) is -3.68. The zero-order valence-electron chi connectivity index (χ0n) is 18.2. The van der Waals surface area contributed by atoms with Gasteiger partial charge in [-0.2, -0.15) is 0 Å². The topological polar surface area (TPSA) is 94.2 Å². The molecule has 1 aliphatic heterocycles. The van der Waals surface area contributed by atoms with Crippen molar-refractivity contribution in [1.29, 1.82) is 0 Å². The van der Waals surface area contributed by atoms with Crippen LogP contribution in [0.2, 0.25) is 0 Å². The van der Waals surface area contributed by atoms with Crippen molar-refractivity contribution in [2.75, 3.05) is 37.1 Å². The van der Waals surface area contributed by atoms with Crippen LogP contribution in [0.15, 0.2) is 42.5 Å². The fourth-order valence-corrected chi connectivity index (χ4v) is 3.89. The number of carbonyl (C=O) groups is 1. The standard InChI is InChI=1S/C22H28N2O6S/c1-22(2,3)16-5-8-18(9-6-16)28-12-11-23-21(25)14-24(31(4,26)27)17-7-10-19-20(13-17)30-15-29-19/h5-10,13H,11-12,14-15H2,1-4H3,(H,23,25). The van der Waals surface area contributed by atoms with E-state index in [1.165, 1.54) is 5.56 Å². The molecule has 0 atom stereocenters. The molecular weight excluding hydrogens is 420 g/mol. The lowest BCUT2D eigenvalue weighted by Crippen LogP contribution is -2.41. The zero-order chi connectivity index (χ0) is 22.6. The third-order valence-corrected chi connectivity index (χ3v) is 5.89. The molecule has 2 aromatic carbocycles. The van der Waals surface area contributed by atoms with E-state index in [1.54, 1.807) is 18.2 Å². The second kappa shape index (κ2) is 9.05. The van der Waals surface area contributed by atoms with Crippen LogP contribution < -0.4 is 23.8 Å². The molecule has 31 heavy (non-hydrogen) atoms. The van der Waals surface area contributed by atoms with Gasteiger partial charge in [-0.1, -0.05) is 32.9 Å². The van der Waals surface area contributed by atoms with Crippen LogP contribution in [0.1, 0.15) is 26.3 Å². The number of sulfonamides is 1. The maximum absolute atomic E-state index is 12.3. The molecule has 0 unspecified atom stereocenters. The number of hydrogen-bond acceptors (Lipinski definition) is 6. The normalized spacial score (nSPS) is 13.0. The molecule has 168 valence electrons. The Morgan fingerprint density at radius 1 is 1.10 bits per heavy atom. The SMILES string of the molecule is CC(C)(C)c1ccc(OCCNC(=O)CN(c2ccc3c(c2)OCO3)S(C)(=O)=O)cc1. The highest BCUT2D eigenvalue weighted by Gasteiger charge is 2.23. The number of nitrogens with zero attached hydrogens (tertiary/aromatic N) is 1. The van der Waals surface area contributed by atoms with Gasteiger partial charge < -0.3 is 19.5 Å². The van der Waals surface area contributed by atoms with E-state index in [0.717, 1.165) is 10.6 Å². The molecular formula is C22H28N2O6S. The molecule has 0 spiro atoms. The van der Waals surface area contributed by atoms with Crippen molar-refractivity contribution in [2.45, 2.75) is 26.2 Å². The summed E-state index contributed by atoms with van der Waals surface area (Å²) < 4.78 is 41.7. The quantitative estimate of drug-likeness (QED) is 0.624. The van der Waals surface area contributed by atoms with Crippen LogP contribution in [0.25, 0.3) is 0 Å². The van der Waals surface area contributed by atoms with Crippen LogP contribution in [-0.4, -0.2) is 47.1 Å². The number of nitrogens with one attached hydrogen (secondary N) is 1. The first-order chi connectivity index (χ1) is 14.5. The number of hydrogen-bond donors (Lipinski definition) is 1. The first kappa shape index (κ1) is 22.7. The van der Waals surface area contributed by atoms with Crippen molar-refractivity contribution in [3.05, 3.63) is 48.0 Å². The number of fused-ring (bicyclic) bond motifs is 1. The van der Waals surface area contributed by atoms with Crippen molar-refractivity contribution < 1.29 is 27.4 Å². The fraction of sp³-hybridized carbons (Fsp3) is 0.409. The molecule has 9 heteroatoms. The summed E-state index contributed by atoms with van der Waals surface area (Å²) in [6, 6.07) is 12.6. The van der Waals surface area contributed by atoms with Crippen LogP contribution in [0.3, 0.4) is 0 Å². The molecule has 1 N–H and O–H groups in total. The van der Waals surface area contributed by atoms with Crippen molar-refractivity contribution in [2.24, 2.45) is 0 Å². The molecule has 0 aromatic heterocycles. The molecule has 1 amide bonds. The highest BCUT2D eigenvalue weighted by molar-refractivity contribution is 7.92. The van der Waals surface area contributed by atoms with Gasteiger partial charge in [0.2, 0.25) is 22.7 Å². The average Bonchev–Trinajstić information content (AvgIpc) is 3.16. The zero-order valence-corrected chi connectivity index (χ0v) is 19.0. The van der Waals surface area contributed by atoms with E-state index in [-0.39, 0.29) is 31.9 Å². The minimum atomic E-state index is -3.68. The van der Waals surface area contributed by atoms with E-state index in [2.05, 4.69) is 26.1 Å². The van der Waals surface area contributed by atoms with Crippen molar-refractivity contribution in [1.82, 2.24) is 5.32 Å². The number of carbonyl (C=O) groups excluding carboxylic acids is 1. The molecule has 0 saturated carbocycles. The van der Waals surface area contributed by atoms with Crippen molar-refractivity contribution in [3.8, 4) is 17.2 Å². The Bertz CT molecular complexity index is 1030. The summed E-state index contributed by atoms with van der Waals surface area (Å²) in [6.45, 7) is 6.67. The van der Waals surface area contributed by atoms with E-state index < -0.39 is 15.9 Å². The molecule has 0 saturated heterocycles. The molecule has 0 fully saturated rings. The second-order valence-electron chi connectivity index (χ2n) is 8.28. The largest absolute Gasteiger partial charge is 0.492 e. The van der Waals surface area contributed by atoms with E-state index in [4.69, 9.17) is 14.2 Å². The molecule has 8 nitrogen and oxygen atoms in total. The van der Waals surface area contributed by atoms with E-state index in [0.29, 0.717) is 22.9 Å². The Morgan fingerprint density at radius 3 is 2.42 bits per heavy atom. The van der Waals surface area contributed by atoms with Gasteiger partial charge in [0.05, 0.1) is 18.5 Å². The van der Waals surface area contributed by atoms with Crippen molar-refractivity contribution in [3.63, 3.8) is 0 Å². The predicted octanol–water partition coefficient (Wildman–Crippen LogP) is 2.67. The second-order valence-corrected chi connectivity index (χ2v) is 10.2. The first-order valence-electron chi connectivity index (χ1n) is 9.91. The van der Waals surface area contributed by atoms with Gasteiger partial charge in [-0.25, -0.2) is 8.42 Å². The summed E-state index contributed by atoms with van der Waals surface area (Å²) in [5.74, 6) is 1.25. The molecule has 0 bridgehead atoms. The van der Waals surface area contributed by atoms with E-state index in [1.807, 2.05) is 24.3 Å². The third-order valence-electron chi connectivity index (χ3n) is 4.74. The van der Waals surface area contributed by atoms with Crippen LogP contribution in [-0.2, 0) is 20.2 Å². The van der Waals surface area contributed by atoms with Crippen LogP contribution in [0, 0.1) is 0 Å². The minimum absolute atomic E-state index is 0.0654. The molecule has 0 radical (unpaired) electrons. The lowest BCUT2D eigenvalue weighted by molar-refractivity contribution is -0.119. The number of anilines is 1. The molecule has 1 aliphatic rings. The van der Waals surface area contributed by atoms with Gasteiger partial charge in [0.25, 0.3) is 0 Å². The number of rotatable bonds is 8. The lowest BCUT2D eigenvalue weighted by Gasteiger charge is -2.22. The van der Waals surface area contributed by atoms with E-state index >= 15 is 0 Å². The van der Waals surface area contributed by atoms with Gasteiger partial charge in [0.1, 0.15) is 18.9 Å². The Balaban J connectivity index is 1.52. The number of amides is 1.